The van der Waals surface area contributed by atoms with E-state index in [4.69, 9.17) is 4.42 Å². The standard InChI is InChI=1S/C48H32N2O/c1-2-12-31(13-3-1)33-14-10-15-35(30-33)50-41-21-8-5-17-38(41)48-43(50)29-28-42-47(48)37-16-4-7-20-40(37)49(42)34-26-24-32(25-27-34)36-19-11-23-45-46(36)39-18-6-9-22-44(39)51-45/h1-13,15-30,33H,14H2. The van der Waals surface area contributed by atoms with Crippen LogP contribution in [0.3, 0.4) is 0 Å². The molecule has 3 heteroatoms. The normalized spacial score (nSPS) is 14.8. The average molecular weight is 653 g/mol. The topological polar surface area (TPSA) is 23.0 Å². The summed E-state index contributed by atoms with van der Waals surface area (Å²) in [5.41, 5.74) is 12.8. The van der Waals surface area contributed by atoms with Crippen LogP contribution in [0.4, 0.5) is 0 Å². The van der Waals surface area contributed by atoms with E-state index in [0.29, 0.717) is 5.92 Å². The maximum Gasteiger partial charge on any atom is 0.136 e. The molecule has 0 amide bonds. The van der Waals surface area contributed by atoms with Crippen LogP contribution in [0.2, 0.25) is 0 Å². The van der Waals surface area contributed by atoms with Crippen LogP contribution in [0.1, 0.15) is 17.9 Å². The van der Waals surface area contributed by atoms with E-state index in [1.807, 2.05) is 12.1 Å². The lowest BCUT2D eigenvalue weighted by molar-refractivity contribution is 0.669. The second-order valence-electron chi connectivity index (χ2n) is 13.6. The minimum atomic E-state index is 0.343. The monoisotopic (exact) mass is 652 g/mol. The van der Waals surface area contributed by atoms with Crippen molar-refractivity contribution < 1.29 is 4.42 Å². The number of nitrogens with zero attached hydrogens (tertiary/aromatic N) is 2. The van der Waals surface area contributed by atoms with Crippen molar-refractivity contribution in [3.8, 4) is 16.8 Å². The van der Waals surface area contributed by atoms with E-state index < -0.39 is 0 Å². The minimum absolute atomic E-state index is 0.343. The molecule has 3 nitrogen and oxygen atoms in total. The maximum atomic E-state index is 6.21. The average Bonchev–Trinajstić information content (AvgIpc) is 3.86. The first-order valence-electron chi connectivity index (χ1n) is 17.7. The van der Waals surface area contributed by atoms with E-state index in [1.165, 1.54) is 66.0 Å². The fourth-order valence-corrected chi connectivity index (χ4v) is 8.63. The zero-order chi connectivity index (χ0) is 33.5. The highest BCUT2D eigenvalue weighted by Gasteiger charge is 2.22. The first-order chi connectivity index (χ1) is 25.3. The van der Waals surface area contributed by atoms with Crippen LogP contribution in [-0.2, 0) is 0 Å². The van der Waals surface area contributed by atoms with Crippen LogP contribution in [0.15, 0.2) is 180 Å². The van der Waals surface area contributed by atoms with Crippen molar-refractivity contribution in [2.75, 3.05) is 0 Å². The van der Waals surface area contributed by atoms with Crippen molar-refractivity contribution in [3.63, 3.8) is 0 Å². The Morgan fingerprint density at radius 3 is 1.86 bits per heavy atom. The lowest BCUT2D eigenvalue weighted by Crippen LogP contribution is -2.03. The van der Waals surface area contributed by atoms with Gasteiger partial charge in [-0.05, 0) is 77.7 Å². The van der Waals surface area contributed by atoms with Crippen LogP contribution in [0, 0.1) is 0 Å². The molecule has 0 bridgehead atoms. The molecule has 0 saturated carbocycles. The Bertz CT molecular complexity index is 3040. The Balaban J connectivity index is 1.12. The number of furan rings is 1. The van der Waals surface area contributed by atoms with E-state index in [0.717, 1.165) is 34.0 Å². The molecule has 240 valence electrons. The van der Waals surface area contributed by atoms with Crippen LogP contribution in [0.25, 0.3) is 88.1 Å². The molecule has 1 aliphatic carbocycles. The second kappa shape index (κ2) is 11.0. The Morgan fingerprint density at radius 1 is 0.471 bits per heavy atom. The zero-order valence-corrected chi connectivity index (χ0v) is 27.8. The van der Waals surface area contributed by atoms with E-state index in [9.17, 15) is 0 Å². The van der Waals surface area contributed by atoms with Gasteiger partial charge < -0.3 is 13.6 Å². The summed E-state index contributed by atoms with van der Waals surface area (Å²) >= 11 is 0. The fourth-order valence-electron chi connectivity index (χ4n) is 8.63. The number of hydrogen-bond donors (Lipinski definition) is 0. The summed E-state index contributed by atoms with van der Waals surface area (Å²) in [4.78, 5) is 0. The Kier molecular flexibility index (Phi) is 6.08. The number of hydrogen-bond acceptors (Lipinski definition) is 1. The van der Waals surface area contributed by atoms with E-state index in [2.05, 4.69) is 173 Å². The molecule has 1 aliphatic rings. The van der Waals surface area contributed by atoms with Gasteiger partial charge in [-0.2, -0.15) is 0 Å². The zero-order valence-electron chi connectivity index (χ0n) is 27.8. The summed E-state index contributed by atoms with van der Waals surface area (Å²) in [5, 5.41) is 7.42. The number of fused-ring (bicyclic) bond motifs is 10. The molecule has 7 aromatic carbocycles. The Hall–Kier alpha value is -6.58. The van der Waals surface area contributed by atoms with Gasteiger partial charge in [0.15, 0.2) is 0 Å². The summed E-state index contributed by atoms with van der Waals surface area (Å²) in [5.74, 6) is 0.343. The van der Waals surface area contributed by atoms with E-state index in [-0.39, 0.29) is 0 Å². The van der Waals surface area contributed by atoms with Crippen LogP contribution >= 0.6 is 0 Å². The molecule has 0 fully saturated rings. The lowest BCUT2D eigenvalue weighted by Gasteiger charge is -2.19. The highest BCUT2D eigenvalue weighted by atomic mass is 16.3. The second-order valence-corrected chi connectivity index (χ2v) is 13.6. The molecule has 0 N–H and O–H groups in total. The van der Waals surface area contributed by atoms with Gasteiger partial charge >= 0.3 is 0 Å². The highest BCUT2D eigenvalue weighted by molar-refractivity contribution is 6.29. The van der Waals surface area contributed by atoms with Crippen molar-refractivity contribution >= 4 is 71.2 Å². The van der Waals surface area contributed by atoms with Gasteiger partial charge in [0.25, 0.3) is 0 Å². The number of benzene rings is 7. The summed E-state index contributed by atoms with van der Waals surface area (Å²) < 4.78 is 11.1. The van der Waals surface area contributed by atoms with Gasteiger partial charge in [0.05, 0.1) is 22.1 Å². The molecule has 0 spiro atoms. The van der Waals surface area contributed by atoms with Crippen LogP contribution in [0.5, 0.6) is 0 Å². The van der Waals surface area contributed by atoms with E-state index in [1.54, 1.807) is 0 Å². The molecule has 0 aliphatic heterocycles. The Morgan fingerprint density at radius 2 is 1.10 bits per heavy atom. The van der Waals surface area contributed by atoms with Gasteiger partial charge in [-0.15, -0.1) is 0 Å². The summed E-state index contributed by atoms with van der Waals surface area (Å²) in [6, 6.07) is 56.9. The SMILES string of the molecule is C1=CC(n2c3ccccc3c3c4c5ccccc5n(-c5ccc(-c6cccc7oc8ccccc8c67)cc5)c4ccc32)=CC(c2ccccc2)C1. The van der Waals surface area contributed by atoms with Crippen LogP contribution < -0.4 is 0 Å². The number of para-hydroxylation sites is 3. The number of aromatic nitrogens is 2. The molecule has 10 aromatic rings. The van der Waals surface area contributed by atoms with Crippen molar-refractivity contribution in [3.05, 3.63) is 182 Å². The van der Waals surface area contributed by atoms with Crippen molar-refractivity contribution in [1.29, 1.82) is 0 Å². The molecule has 11 rings (SSSR count). The summed E-state index contributed by atoms with van der Waals surface area (Å²) in [7, 11) is 0. The summed E-state index contributed by atoms with van der Waals surface area (Å²) in [6.45, 7) is 0. The molecule has 51 heavy (non-hydrogen) atoms. The highest BCUT2D eigenvalue weighted by Crippen LogP contribution is 2.44. The third kappa shape index (κ3) is 4.18. The molecule has 3 aromatic heterocycles. The Labute approximate surface area is 294 Å². The first-order valence-corrected chi connectivity index (χ1v) is 17.7. The summed E-state index contributed by atoms with van der Waals surface area (Å²) in [6.07, 6.45) is 8.09. The molecule has 1 atom stereocenters. The van der Waals surface area contributed by atoms with Gasteiger partial charge in [-0.25, -0.2) is 0 Å². The molecular weight excluding hydrogens is 621 g/mol. The third-order valence-corrected chi connectivity index (χ3v) is 10.8. The first kappa shape index (κ1) is 28.3. The molecular formula is C48H32N2O. The molecule has 1 unspecified atom stereocenters. The predicted octanol–water partition coefficient (Wildman–Crippen LogP) is 13.0. The quantitative estimate of drug-likeness (QED) is 0.186. The number of rotatable bonds is 4. The van der Waals surface area contributed by atoms with Gasteiger partial charge in [0.2, 0.25) is 0 Å². The minimum Gasteiger partial charge on any atom is -0.456 e. The van der Waals surface area contributed by atoms with Gasteiger partial charge in [0, 0.05) is 49.6 Å². The van der Waals surface area contributed by atoms with E-state index >= 15 is 0 Å². The van der Waals surface area contributed by atoms with Gasteiger partial charge in [-0.3, -0.25) is 0 Å². The largest absolute Gasteiger partial charge is 0.456 e. The van der Waals surface area contributed by atoms with Gasteiger partial charge in [-0.1, -0.05) is 121 Å². The smallest absolute Gasteiger partial charge is 0.136 e. The van der Waals surface area contributed by atoms with Crippen molar-refractivity contribution in [2.45, 2.75) is 12.3 Å². The third-order valence-electron chi connectivity index (χ3n) is 10.8. The van der Waals surface area contributed by atoms with Crippen molar-refractivity contribution in [1.82, 2.24) is 9.13 Å². The van der Waals surface area contributed by atoms with Crippen molar-refractivity contribution in [2.24, 2.45) is 0 Å². The molecule has 0 radical (unpaired) electrons. The number of allylic oxidation sites excluding steroid dienone is 4. The van der Waals surface area contributed by atoms with Gasteiger partial charge in [0.1, 0.15) is 11.2 Å². The molecule has 3 heterocycles. The maximum absolute atomic E-state index is 6.21. The fraction of sp³-hybridized carbons (Fsp3) is 0.0417. The predicted molar refractivity (Wildman–Crippen MR) is 214 cm³/mol. The lowest BCUT2D eigenvalue weighted by atomic mass is 9.91. The molecule has 0 saturated heterocycles. The van der Waals surface area contributed by atoms with Crippen LogP contribution in [-0.4, -0.2) is 9.13 Å².